The largest absolute Gasteiger partial charge is 0.289 e. The van der Waals surface area contributed by atoms with E-state index in [1.165, 1.54) is 33.1 Å². The summed E-state index contributed by atoms with van der Waals surface area (Å²) in [6.07, 6.45) is 1.02. The fourth-order valence-electron chi connectivity index (χ4n) is 3.75. The van der Waals surface area contributed by atoms with Crippen LogP contribution in [0.4, 0.5) is 5.95 Å². The van der Waals surface area contributed by atoms with Crippen molar-refractivity contribution in [1.82, 2.24) is 24.1 Å². The predicted molar refractivity (Wildman–Crippen MR) is 112 cm³/mol. The van der Waals surface area contributed by atoms with E-state index in [1.54, 1.807) is 12.1 Å². The van der Waals surface area contributed by atoms with Gasteiger partial charge in [-0.1, -0.05) is 25.4 Å². The highest BCUT2D eigenvalue weighted by molar-refractivity contribution is 7.89. The zero-order valence-corrected chi connectivity index (χ0v) is 18.1. The van der Waals surface area contributed by atoms with Crippen LogP contribution in [0.1, 0.15) is 30.6 Å². The Hall–Kier alpha value is -2.56. The highest BCUT2D eigenvalue weighted by atomic mass is 35.5. The third-order valence-corrected chi connectivity index (χ3v) is 7.09. The molecule has 158 valence electrons. The van der Waals surface area contributed by atoms with E-state index in [0.29, 0.717) is 30.6 Å². The number of nitrogens with one attached hydrogen (secondary N) is 1. The van der Waals surface area contributed by atoms with E-state index in [1.807, 2.05) is 0 Å². The molecule has 3 heterocycles. The van der Waals surface area contributed by atoms with E-state index < -0.39 is 15.9 Å². The summed E-state index contributed by atoms with van der Waals surface area (Å²) in [5.41, 5.74) is 0.717. The van der Waals surface area contributed by atoms with Crippen molar-refractivity contribution in [2.24, 2.45) is 11.8 Å². The van der Waals surface area contributed by atoms with Gasteiger partial charge in [-0.2, -0.15) is 13.9 Å². The number of piperidine rings is 1. The Morgan fingerprint density at radius 1 is 1.07 bits per heavy atom. The average Bonchev–Trinajstić information content (AvgIpc) is 3.09. The van der Waals surface area contributed by atoms with Crippen LogP contribution in [-0.4, -0.2) is 51.5 Å². The molecule has 1 saturated heterocycles. The van der Waals surface area contributed by atoms with Crippen LogP contribution in [0.3, 0.4) is 0 Å². The van der Waals surface area contributed by atoms with E-state index >= 15 is 0 Å². The van der Waals surface area contributed by atoms with Gasteiger partial charge in [0.25, 0.3) is 11.9 Å². The molecule has 4 rings (SSSR count). The first-order valence-electron chi connectivity index (χ1n) is 9.53. The van der Waals surface area contributed by atoms with Gasteiger partial charge in [-0.3, -0.25) is 10.1 Å². The molecule has 2 aromatic heterocycles. The average molecular weight is 449 g/mol. The summed E-state index contributed by atoms with van der Waals surface area (Å²) in [6.45, 7) is 5.12. The van der Waals surface area contributed by atoms with Gasteiger partial charge in [0.2, 0.25) is 10.0 Å². The number of aromatic nitrogens is 4. The SMILES string of the molecule is CC1CC(C)CN(S(=O)(=O)c2ccc(C(=O)Nc3nnc4ccc(Cl)nn34)cc2)C1. The Morgan fingerprint density at radius 2 is 1.73 bits per heavy atom. The van der Waals surface area contributed by atoms with Crippen LogP contribution in [0, 0.1) is 11.8 Å². The van der Waals surface area contributed by atoms with E-state index in [0.717, 1.165) is 6.42 Å². The number of hydrogen-bond donors (Lipinski definition) is 1. The molecule has 0 saturated carbocycles. The zero-order chi connectivity index (χ0) is 21.5. The fraction of sp³-hybridized carbons (Fsp3) is 0.368. The van der Waals surface area contributed by atoms with Crippen molar-refractivity contribution in [2.75, 3.05) is 18.4 Å². The van der Waals surface area contributed by atoms with Gasteiger partial charge in [0.05, 0.1) is 4.90 Å². The number of sulfonamides is 1. The van der Waals surface area contributed by atoms with Gasteiger partial charge in [-0.25, -0.2) is 8.42 Å². The van der Waals surface area contributed by atoms with E-state index in [2.05, 4.69) is 34.5 Å². The van der Waals surface area contributed by atoms with Gasteiger partial charge in [-0.05, 0) is 54.7 Å². The highest BCUT2D eigenvalue weighted by Gasteiger charge is 2.31. The summed E-state index contributed by atoms with van der Waals surface area (Å²) in [4.78, 5) is 12.7. The van der Waals surface area contributed by atoms with Gasteiger partial charge in [0.15, 0.2) is 5.65 Å². The van der Waals surface area contributed by atoms with Crippen molar-refractivity contribution >= 4 is 39.1 Å². The molecule has 1 aromatic carbocycles. The van der Waals surface area contributed by atoms with Crippen LogP contribution in [0.2, 0.25) is 5.15 Å². The molecule has 9 nitrogen and oxygen atoms in total. The van der Waals surface area contributed by atoms with E-state index in [-0.39, 0.29) is 21.6 Å². The van der Waals surface area contributed by atoms with Crippen LogP contribution in [0.5, 0.6) is 0 Å². The lowest BCUT2D eigenvalue weighted by Gasteiger charge is -2.34. The first-order valence-corrected chi connectivity index (χ1v) is 11.4. The molecule has 0 bridgehead atoms. The summed E-state index contributed by atoms with van der Waals surface area (Å²) in [5.74, 6) is 0.281. The predicted octanol–water partition coefficient (Wildman–Crippen LogP) is 2.70. The molecule has 11 heteroatoms. The fourth-order valence-corrected chi connectivity index (χ4v) is 5.57. The summed E-state index contributed by atoms with van der Waals surface area (Å²) in [6, 6.07) is 9.04. The second-order valence-electron chi connectivity index (χ2n) is 7.70. The van der Waals surface area contributed by atoms with Gasteiger partial charge >= 0.3 is 0 Å². The van der Waals surface area contributed by atoms with Crippen LogP contribution < -0.4 is 5.32 Å². The minimum atomic E-state index is -3.60. The number of benzene rings is 1. The Kier molecular flexibility index (Phi) is 5.48. The maximum absolute atomic E-state index is 13.0. The Bertz CT molecular complexity index is 1180. The lowest BCUT2D eigenvalue weighted by atomic mass is 9.94. The molecule has 1 N–H and O–H groups in total. The number of rotatable bonds is 4. The van der Waals surface area contributed by atoms with Crippen molar-refractivity contribution < 1.29 is 13.2 Å². The number of amides is 1. The monoisotopic (exact) mass is 448 g/mol. The summed E-state index contributed by atoms with van der Waals surface area (Å²) in [7, 11) is -3.60. The third kappa shape index (κ3) is 4.03. The molecule has 0 radical (unpaired) electrons. The highest BCUT2D eigenvalue weighted by Crippen LogP contribution is 2.26. The Labute approximate surface area is 179 Å². The molecule has 1 aliphatic heterocycles. The number of hydrogen-bond acceptors (Lipinski definition) is 6. The maximum Gasteiger partial charge on any atom is 0.258 e. The minimum Gasteiger partial charge on any atom is -0.289 e. The van der Waals surface area contributed by atoms with Gasteiger partial charge in [0.1, 0.15) is 5.15 Å². The standard InChI is InChI=1S/C19H21ClN6O3S/c1-12-9-13(2)11-25(10-12)30(28,29)15-5-3-14(4-6-15)18(27)21-19-23-22-17-8-7-16(20)24-26(17)19/h3-8,12-13H,9-11H2,1-2H3,(H,21,23,27). The van der Waals surface area contributed by atoms with E-state index in [4.69, 9.17) is 11.6 Å². The van der Waals surface area contributed by atoms with Crippen molar-refractivity contribution in [3.8, 4) is 0 Å². The molecule has 30 heavy (non-hydrogen) atoms. The molecule has 1 amide bonds. The van der Waals surface area contributed by atoms with Gasteiger partial charge in [0, 0.05) is 18.7 Å². The summed E-state index contributed by atoms with van der Waals surface area (Å²) < 4.78 is 28.8. The molecule has 2 unspecified atom stereocenters. The van der Waals surface area contributed by atoms with Crippen molar-refractivity contribution in [1.29, 1.82) is 0 Å². The molecule has 1 fully saturated rings. The molecule has 3 aromatic rings. The van der Waals surface area contributed by atoms with Crippen molar-refractivity contribution in [2.45, 2.75) is 25.2 Å². The normalized spacial score (nSPS) is 20.4. The quantitative estimate of drug-likeness (QED) is 0.657. The van der Waals surface area contributed by atoms with Crippen molar-refractivity contribution in [3.05, 3.63) is 47.1 Å². The summed E-state index contributed by atoms with van der Waals surface area (Å²) in [5, 5.41) is 14.7. The first-order chi connectivity index (χ1) is 14.2. The molecule has 2 atom stereocenters. The number of nitrogens with zero attached hydrogens (tertiary/aromatic N) is 5. The second-order valence-corrected chi connectivity index (χ2v) is 10.0. The lowest BCUT2D eigenvalue weighted by Crippen LogP contribution is -2.42. The maximum atomic E-state index is 13.0. The molecular formula is C19H21ClN6O3S. The summed E-state index contributed by atoms with van der Waals surface area (Å²) >= 11 is 5.88. The number of anilines is 1. The van der Waals surface area contributed by atoms with Gasteiger partial charge in [-0.15, -0.1) is 10.2 Å². The van der Waals surface area contributed by atoms with Gasteiger partial charge < -0.3 is 0 Å². The zero-order valence-electron chi connectivity index (χ0n) is 16.5. The van der Waals surface area contributed by atoms with Crippen LogP contribution in [0.25, 0.3) is 5.65 Å². The molecule has 0 aliphatic carbocycles. The number of carbonyl (C=O) groups is 1. The third-order valence-electron chi connectivity index (χ3n) is 5.05. The molecule has 1 aliphatic rings. The molecule has 0 spiro atoms. The topological polar surface area (TPSA) is 110 Å². The molecular weight excluding hydrogens is 428 g/mol. The van der Waals surface area contributed by atoms with Crippen LogP contribution in [-0.2, 0) is 10.0 Å². The number of fused-ring (bicyclic) bond motifs is 1. The Morgan fingerprint density at radius 3 is 2.40 bits per heavy atom. The number of carbonyl (C=O) groups excluding carboxylic acids is 1. The minimum absolute atomic E-state index is 0.116. The number of halogens is 1. The first kappa shape index (κ1) is 20.7. The van der Waals surface area contributed by atoms with Crippen LogP contribution in [0.15, 0.2) is 41.3 Å². The van der Waals surface area contributed by atoms with E-state index in [9.17, 15) is 13.2 Å². The van der Waals surface area contributed by atoms with Crippen molar-refractivity contribution in [3.63, 3.8) is 0 Å². The lowest BCUT2D eigenvalue weighted by molar-refractivity contribution is 0.102. The van der Waals surface area contributed by atoms with Crippen LogP contribution >= 0.6 is 11.6 Å². The smallest absolute Gasteiger partial charge is 0.258 e. The second kappa shape index (κ2) is 7.93. The Balaban J connectivity index is 1.52.